The Labute approximate surface area is 116 Å². The summed E-state index contributed by atoms with van der Waals surface area (Å²) in [5.74, 6) is 0.769. The highest BCUT2D eigenvalue weighted by molar-refractivity contribution is 5.92. The number of hydrogen-bond donors (Lipinski definition) is 1. The standard InChI is InChI=1S/C15H25N3O/c1-4-6-7-12-18(3)15(19)13-9-8-10-14(17-13)16-11-5-2/h8-10H,4-7,11-12H2,1-3H3,(H,16,17). The lowest BCUT2D eigenvalue weighted by Gasteiger charge is -2.16. The summed E-state index contributed by atoms with van der Waals surface area (Å²) in [5, 5.41) is 3.20. The summed E-state index contributed by atoms with van der Waals surface area (Å²) in [4.78, 5) is 18.3. The zero-order valence-corrected chi connectivity index (χ0v) is 12.3. The van der Waals surface area contributed by atoms with E-state index in [1.54, 1.807) is 11.0 Å². The van der Waals surface area contributed by atoms with Gasteiger partial charge in [0.25, 0.3) is 5.91 Å². The number of pyridine rings is 1. The lowest BCUT2D eigenvalue weighted by Crippen LogP contribution is -2.28. The minimum absolute atomic E-state index is 0.00347. The van der Waals surface area contributed by atoms with Crippen LogP contribution in [0.25, 0.3) is 0 Å². The number of carbonyl (C=O) groups excluding carboxylic acids is 1. The van der Waals surface area contributed by atoms with Crippen LogP contribution in [0.2, 0.25) is 0 Å². The summed E-state index contributed by atoms with van der Waals surface area (Å²) in [6.07, 6.45) is 4.41. The molecule has 1 N–H and O–H groups in total. The van der Waals surface area contributed by atoms with Crippen molar-refractivity contribution in [1.29, 1.82) is 0 Å². The zero-order chi connectivity index (χ0) is 14.1. The molecule has 1 amide bonds. The number of amides is 1. The third-order valence-corrected chi connectivity index (χ3v) is 2.97. The van der Waals surface area contributed by atoms with Crippen LogP contribution in [0.15, 0.2) is 18.2 Å². The van der Waals surface area contributed by atoms with Gasteiger partial charge in [-0.2, -0.15) is 0 Å². The molecular formula is C15H25N3O. The first-order valence-electron chi connectivity index (χ1n) is 7.15. The fourth-order valence-electron chi connectivity index (χ4n) is 1.80. The molecule has 1 heterocycles. The van der Waals surface area contributed by atoms with Gasteiger partial charge in [-0.05, 0) is 25.0 Å². The number of hydrogen-bond acceptors (Lipinski definition) is 3. The maximum atomic E-state index is 12.2. The molecule has 0 aliphatic carbocycles. The molecule has 0 aliphatic heterocycles. The third-order valence-electron chi connectivity index (χ3n) is 2.97. The predicted octanol–water partition coefficient (Wildman–Crippen LogP) is 3.17. The van der Waals surface area contributed by atoms with Crippen molar-refractivity contribution >= 4 is 11.7 Å². The Morgan fingerprint density at radius 2 is 2.05 bits per heavy atom. The summed E-state index contributed by atoms with van der Waals surface area (Å²) < 4.78 is 0. The van der Waals surface area contributed by atoms with E-state index in [0.717, 1.165) is 44.6 Å². The largest absolute Gasteiger partial charge is 0.370 e. The number of carbonyl (C=O) groups is 1. The molecule has 19 heavy (non-hydrogen) atoms. The average Bonchev–Trinajstić information content (AvgIpc) is 2.44. The molecule has 106 valence electrons. The number of aromatic nitrogens is 1. The fraction of sp³-hybridized carbons (Fsp3) is 0.600. The molecule has 0 atom stereocenters. The molecule has 0 aromatic carbocycles. The minimum atomic E-state index is -0.00347. The average molecular weight is 263 g/mol. The molecular weight excluding hydrogens is 238 g/mol. The van der Waals surface area contributed by atoms with Gasteiger partial charge in [0.05, 0.1) is 0 Å². The third kappa shape index (κ3) is 5.28. The molecule has 0 bridgehead atoms. The first-order chi connectivity index (χ1) is 9.19. The van der Waals surface area contributed by atoms with Gasteiger partial charge in [0, 0.05) is 20.1 Å². The molecule has 4 nitrogen and oxygen atoms in total. The van der Waals surface area contributed by atoms with Crippen LogP contribution in [0, 0.1) is 0 Å². The Morgan fingerprint density at radius 3 is 2.74 bits per heavy atom. The topological polar surface area (TPSA) is 45.2 Å². The number of nitrogens with one attached hydrogen (secondary N) is 1. The van der Waals surface area contributed by atoms with E-state index < -0.39 is 0 Å². The van der Waals surface area contributed by atoms with Crippen molar-refractivity contribution in [2.75, 3.05) is 25.5 Å². The summed E-state index contributed by atoms with van der Waals surface area (Å²) >= 11 is 0. The van der Waals surface area contributed by atoms with Crippen molar-refractivity contribution in [2.45, 2.75) is 39.5 Å². The normalized spacial score (nSPS) is 10.3. The summed E-state index contributed by atoms with van der Waals surface area (Å²) in [7, 11) is 1.84. The van der Waals surface area contributed by atoms with Crippen molar-refractivity contribution in [2.24, 2.45) is 0 Å². The van der Waals surface area contributed by atoms with Crippen molar-refractivity contribution in [3.63, 3.8) is 0 Å². The zero-order valence-electron chi connectivity index (χ0n) is 12.3. The number of unbranched alkanes of at least 4 members (excludes halogenated alkanes) is 2. The highest BCUT2D eigenvalue weighted by Gasteiger charge is 2.12. The maximum Gasteiger partial charge on any atom is 0.272 e. The molecule has 0 fully saturated rings. The Balaban J connectivity index is 2.60. The lowest BCUT2D eigenvalue weighted by molar-refractivity contribution is 0.0787. The van der Waals surface area contributed by atoms with Crippen molar-refractivity contribution < 1.29 is 4.79 Å². The van der Waals surface area contributed by atoms with E-state index in [0.29, 0.717) is 5.69 Å². The molecule has 1 aromatic heterocycles. The summed E-state index contributed by atoms with van der Waals surface area (Å²) in [6, 6.07) is 5.54. The van der Waals surface area contributed by atoms with Crippen LogP contribution >= 0.6 is 0 Å². The van der Waals surface area contributed by atoms with Crippen LogP contribution in [0.5, 0.6) is 0 Å². The van der Waals surface area contributed by atoms with Crippen molar-refractivity contribution in [1.82, 2.24) is 9.88 Å². The molecule has 1 aromatic rings. The Hall–Kier alpha value is -1.58. The van der Waals surface area contributed by atoms with E-state index in [-0.39, 0.29) is 5.91 Å². The van der Waals surface area contributed by atoms with Gasteiger partial charge in [0.2, 0.25) is 0 Å². The lowest BCUT2D eigenvalue weighted by atomic mass is 10.2. The fourth-order valence-corrected chi connectivity index (χ4v) is 1.80. The smallest absolute Gasteiger partial charge is 0.272 e. The number of rotatable bonds is 8. The molecule has 4 heteroatoms. The van der Waals surface area contributed by atoms with E-state index in [4.69, 9.17) is 0 Å². The van der Waals surface area contributed by atoms with Crippen molar-refractivity contribution in [3.05, 3.63) is 23.9 Å². The number of anilines is 1. The maximum absolute atomic E-state index is 12.2. The van der Waals surface area contributed by atoms with Crippen LogP contribution in [0.4, 0.5) is 5.82 Å². The van der Waals surface area contributed by atoms with E-state index >= 15 is 0 Å². The first kappa shape index (κ1) is 15.5. The monoisotopic (exact) mass is 263 g/mol. The summed E-state index contributed by atoms with van der Waals surface area (Å²) in [6.45, 7) is 5.92. The van der Waals surface area contributed by atoms with E-state index in [1.807, 2.05) is 19.2 Å². The van der Waals surface area contributed by atoms with Crippen LogP contribution in [-0.4, -0.2) is 35.9 Å². The van der Waals surface area contributed by atoms with Crippen LogP contribution in [-0.2, 0) is 0 Å². The predicted molar refractivity (Wildman–Crippen MR) is 79.5 cm³/mol. The number of nitrogens with zero attached hydrogens (tertiary/aromatic N) is 2. The second kappa shape index (κ2) is 8.51. The van der Waals surface area contributed by atoms with Gasteiger partial charge in [-0.25, -0.2) is 4.98 Å². The summed E-state index contributed by atoms with van der Waals surface area (Å²) in [5.41, 5.74) is 0.514. The first-order valence-corrected chi connectivity index (χ1v) is 7.15. The minimum Gasteiger partial charge on any atom is -0.370 e. The molecule has 0 unspecified atom stereocenters. The molecule has 0 aliphatic rings. The van der Waals surface area contributed by atoms with Crippen LogP contribution < -0.4 is 5.32 Å². The quantitative estimate of drug-likeness (QED) is 0.733. The van der Waals surface area contributed by atoms with Crippen molar-refractivity contribution in [3.8, 4) is 0 Å². The second-order valence-electron chi connectivity index (χ2n) is 4.77. The van der Waals surface area contributed by atoms with E-state index in [1.165, 1.54) is 0 Å². The van der Waals surface area contributed by atoms with Crippen LogP contribution in [0.3, 0.4) is 0 Å². The molecule has 0 saturated heterocycles. The van der Waals surface area contributed by atoms with Gasteiger partial charge in [0.15, 0.2) is 0 Å². The van der Waals surface area contributed by atoms with Gasteiger partial charge >= 0.3 is 0 Å². The Kier molecular flexibility index (Phi) is 6.93. The Bertz CT molecular complexity index is 393. The van der Waals surface area contributed by atoms with E-state index in [2.05, 4.69) is 24.1 Å². The van der Waals surface area contributed by atoms with Gasteiger partial charge < -0.3 is 10.2 Å². The molecule has 0 radical (unpaired) electrons. The van der Waals surface area contributed by atoms with Gasteiger partial charge in [-0.1, -0.05) is 32.8 Å². The molecule has 1 rings (SSSR count). The molecule has 0 spiro atoms. The van der Waals surface area contributed by atoms with Gasteiger partial charge in [-0.15, -0.1) is 0 Å². The highest BCUT2D eigenvalue weighted by atomic mass is 16.2. The Morgan fingerprint density at radius 1 is 1.26 bits per heavy atom. The molecule has 0 saturated carbocycles. The van der Waals surface area contributed by atoms with Gasteiger partial charge in [-0.3, -0.25) is 4.79 Å². The second-order valence-corrected chi connectivity index (χ2v) is 4.77. The van der Waals surface area contributed by atoms with Crippen LogP contribution in [0.1, 0.15) is 50.0 Å². The van der Waals surface area contributed by atoms with Gasteiger partial charge in [0.1, 0.15) is 11.5 Å². The SMILES string of the molecule is CCCCCN(C)C(=O)c1cccc(NCCC)n1. The van der Waals surface area contributed by atoms with E-state index in [9.17, 15) is 4.79 Å². The highest BCUT2D eigenvalue weighted by Crippen LogP contribution is 2.08.